The Morgan fingerprint density at radius 3 is 2.39 bits per heavy atom. The van der Waals surface area contributed by atoms with Crippen LogP contribution in [-0.2, 0) is 4.79 Å². The van der Waals surface area contributed by atoms with Gasteiger partial charge in [0.2, 0.25) is 0 Å². The minimum atomic E-state index is -0.320. The molecule has 0 bridgehead atoms. The zero-order valence-electron chi connectivity index (χ0n) is 12.8. The number of halogens is 2. The molecule has 120 valence electrons. The van der Waals surface area contributed by atoms with Crippen molar-refractivity contribution in [2.45, 2.75) is 13.8 Å². The summed E-state index contributed by atoms with van der Waals surface area (Å²) in [5, 5.41) is 4.08. The number of nitrogens with one attached hydrogen (secondary N) is 1. The lowest BCUT2D eigenvalue weighted by Crippen LogP contribution is -2.25. The standard InChI is InChI=1S/C17H16Br2N2O2/c1-11-8-14(18)17(15(19)9-11)23-10-16(22)21-20-12(2)13-6-4-3-5-7-13/h3-9H,10H2,1-2H3,(H,21,22)/b20-12+. The summed E-state index contributed by atoms with van der Waals surface area (Å²) in [6.45, 7) is 3.70. The van der Waals surface area contributed by atoms with Gasteiger partial charge in [-0.3, -0.25) is 4.79 Å². The van der Waals surface area contributed by atoms with Crippen LogP contribution in [0.15, 0.2) is 56.5 Å². The average Bonchev–Trinajstić information content (AvgIpc) is 2.52. The number of carbonyl (C=O) groups excluding carboxylic acids is 1. The van der Waals surface area contributed by atoms with Crippen molar-refractivity contribution in [1.29, 1.82) is 0 Å². The van der Waals surface area contributed by atoms with E-state index in [0.717, 1.165) is 25.8 Å². The number of amides is 1. The first-order valence-corrected chi connectivity index (χ1v) is 8.53. The van der Waals surface area contributed by atoms with Gasteiger partial charge >= 0.3 is 0 Å². The van der Waals surface area contributed by atoms with E-state index >= 15 is 0 Å². The number of hydrogen-bond acceptors (Lipinski definition) is 3. The Kier molecular flexibility index (Phi) is 6.36. The second kappa shape index (κ2) is 8.26. The summed E-state index contributed by atoms with van der Waals surface area (Å²) in [7, 11) is 0. The first-order valence-electron chi connectivity index (χ1n) is 6.94. The smallest absolute Gasteiger partial charge is 0.277 e. The molecule has 0 saturated heterocycles. The second-order valence-corrected chi connectivity index (χ2v) is 6.65. The van der Waals surface area contributed by atoms with Crippen LogP contribution in [0.4, 0.5) is 0 Å². The molecule has 1 N–H and O–H groups in total. The number of aryl methyl sites for hydroxylation is 1. The number of benzene rings is 2. The number of carbonyl (C=O) groups is 1. The Labute approximate surface area is 152 Å². The molecule has 2 aromatic carbocycles. The van der Waals surface area contributed by atoms with Crippen molar-refractivity contribution in [2.75, 3.05) is 6.61 Å². The molecule has 0 aliphatic rings. The van der Waals surface area contributed by atoms with Crippen LogP contribution in [0.5, 0.6) is 5.75 Å². The molecule has 6 heteroatoms. The summed E-state index contributed by atoms with van der Waals surface area (Å²) in [6, 6.07) is 13.5. The summed E-state index contributed by atoms with van der Waals surface area (Å²) >= 11 is 6.85. The summed E-state index contributed by atoms with van der Waals surface area (Å²) in [6.07, 6.45) is 0. The summed E-state index contributed by atoms with van der Waals surface area (Å²) in [4.78, 5) is 11.9. The fourth-order valence-corrected chi connectivity index (χ4v) is 3.53. The van der Waals surface area contributed by atoms with Crippen LogP contribution in [0, 0.1) is 6.92 Å². The normalized spacial score (nSPS) is 11.2. The zero-order valence-corrected chi connectivity index (χ0v) is 15.9. The Hall–Kier alpha value is -1.66. The third-order valence-corrected chi connectivity index (χ3v) is 4.21. The van der Waals surface area contributed by atoms with E-state index in [-0.39, 0.29) is 12.5 Å². The van der Waals surface area contributed by atoms with Crippen LogP contribution < -0.4 is 10.2 Å². The van der Waals surface area contributed by atoms with Gasteiger partial charge in [0.15, 0.2) is 6.61 Å². The van der Waals surface area contributed by atoms with Gasteiger partial charge in [-0.2, -0.15) is 5.10 Å². The first kappa shape index (κ1) is 17.7. The SMILES string of the molecule is C/C(=N\NC(=O)COc1c(Br)cc(C)cc1Br)c1ccccc1. The van der Waals surface area contributed by atoms with Crippen molar-refractivity contribution < 1.29 is 9.53 Å². The lowest BCUT2D eigenvalue weighted by Gasteiger charge is -2.10. The van der Waals surface area contributed by atoms with Gasteiger partial charge in [-0.25, -0.2) is 5.43 Å². The largest absolute Gasteiger partial charge is 0.481 e. The summed E-state index contributed by atoms with van der Waals surface area (Å²) in [5.41, 5.74) is 5.27. The molecule has 2 rings (SSSR count). The molecule has 1 amide bonds. The third-order valence-electron chi connectivity index (χ3n) is 3.03. The number of hydrogen-bond donors (Lipinski definition) is 1. The molecule has 0 atom stereocenters. The van der Waals surface area contributed by atoms with Crippen LogP contribution in [0.3, 0.4) is 0 Å². The molecule has 0 fully saturated rings. The minimum Gasteiger partial charge on any atom is -0.481 e. The van der Waals surface area contributed by atoms with Gasteiger partial charge in [-0.1, -0.05) is 30.3 Å². The van der Waals surface area contributed by atoms with E-state index in [1.807, 2.05) is 56.3 Å². The fraction of sp³-hybridized carbons (Fsp3) is 0.176. The summed E-state index contributed by atoms with van der Waals surface area (Å²) in [5.74, 6) is 0.272. The van der Waals surface area contributed by atoms with Crippen molar-refractivity contribution in [3.8, 4) is 5.75 Å². The van der Waals surface area contributed by atoms with E-state index in [2.05, 4.69) is 42.4 Å². The second-order valence-electron chi connectivity index (χ2n) is 4.94. The van der Waals surface area contributed by atoms with E-state index < -0.39 is 0 Å². The molecule has 0 aromatic heterocycles. The van der Waals surface area contributed by atoms with Crippen molar-refractivity contribution in [1.82, 2.24) is 5.43 Å². The Balaban J connectivity index is 1.94. The Bertz CT molecular complexity index is 708. The maximum absolute atomic E-state index is 11.9. The molecule has 0 radical (unpaired) electrons. The van der Waals surface area contributed by atoms with Crippen LogP contribution >= 0.6 is 31.9 Å². The number of nitrogens with zero attached hydrogens (tertiary/aromatic N) is 1. The molecule has 23 heavy (non-hydrogen) atoms. The van der Waals surface area contributed by atoms with Crippen molar-refractivity contribution in [3.63, 3.8) is 0 Å². The van der Waals surface area contributed by atoms with Crippen LogP contribution in [0.25, 0.3) is 0 Å². The van der Waals surface area contributed by atoms with E-state index in [0.29, 0.717) is 5.75 Å². The van der Waals surface area contributed by atoms with Crippen LogP contribution in [-0.4, -0.2) is 18.2 Å². The third kappa shape index (κ3) is 5.18. The fourth-order valence-electron chi connectivity index (χ4n) is 1.88. The van der Waals surface area contributed by atoms with Crippen molar-refractivity contribution in [2.24, 2.45) is 5.10 Å². The Morgan fingerprint density at radius 2 is 1.78 bits per heavy atom. The lowest BCUT2D eigenvalue weighted by atomic mass is 10.1. The predicted octanol–water partition coefficient (Wildman–Crippen LogP) is 4.44. The van der Waals surface area contributed by atoms with E-state index in [9.17, 15) is 4.79 Å². The molecular formula is C17H16Br2N2O2. The highest BCUT2D eigenvalue weighted by Gasteiger charge is 2.10. The maximum atomic E-state index is 11.9. The number of hydrazone groups is 1. The van der Waals surface area contributed by atoms with Gasteiger partial charge in [0.25, 0.3) is 5.91 Å². The molecule has 4 nitrogen and oxygen atoms in total. The molecule has 0 spiro atoms. The molecule has 0 saturated carbocycles. The maximum Gasteiger partial charge on any atom is 0.277 e. The van der Waals surface area contributed by atoms with Gasteiger partial charge < -0.3 is 4.74 Å². The van der Waals surface area contributed by atoms with Crippen LogP contribution in [0.1, 0.15) is 18.1 Å². The van der Waals surface area contributed by atoms with Crippen molar-refractivity contribution in [3.05, 3.63) is 62.5 Å². The minimum absolute atomic E-state index is 0.119. The Morgan fingerprint density at radius 1 is 1.17 bits per heavy atom. The first-order chi connectivity index (χ1) is 11.0. The van der Waals surface area contributed by atoms with Gasteiger partial charge in [0.05, 0.1) is 14.7 Å². The quantitative estimate of drug-likeness (QED) is 0.553. The molecular weight excluding hydrogens is 424 g/mol. The highest BCUT2D eigenvalue weighted by atomic mass is 79.9. The average molecular weight is 440 g/mol. The molecule has 0 aliphatic heterocycles. The topological polar surface area (TPSA) is 50.7 Å². The van der Waals surface area contributed by atoms with Crippen molar-refractivity contribution >= 4 is 43.5 Å². The lowest BCUT2D eigenvalue weighted by molar-refractivity contribution is -0.123. The van der Waals surface area contributed by atoms with E-state index in [1.54, 1.807) is 0 Å². The van der Waals surface area contributed by atoms with Gasteiger partial charge in [0.1, 0.15) is 5.75 Å². The highest BCUT2D eigenvalue weighted by Crippen LogP contribution is 2.34. The number of rotatable bonds is 5. The van der Waals surface area contributed by atoms with Crippen LogP contribution in [0.2, 0.25) is 0 Å². The summed E-state index contributed by atoms with van der Waals surface area (Å²) < 4.78 is 7.13. The number of ether oxygens (including phenoxy) is 1. The highest BCUT2D eigenvalue weighted by molar-refractivity contribution is 9.11. The molecule has 0 aliphatic carbocycles. The predicted molar refractivity (Wildman–Crippen MR) is 98.9 cm³/mol. The van der Waals surface area contributed by atoms with E-state index in [4.69, 9.17) is 4.74 Å². The van der Waals surface area contributed by atoms with Gasteiger partial charge in [-0.15, -0.1) is 0 Å². The zero-order chi connectivity index (χ0) is 16.8. The van der Waals surface area contributed by atoms with Gasteiger partial charge in [-0.05, 0) is 69.0 Å². The monoisotopic (exact) mass is 438 g/mol. The van der Waals surface area contributed by atoms with E-state index in [1.165, 1.54) is 0 Å². The molecule has 0 heterocycles. The molecule has 2 aromatic rings. The van der Waals surface area contributed by atoms with Gasteiger partial charge in [0, 0.05) is 0 Å². The molecule has 0 unspecified atom stereocenters.